The fourth-order valence-electron chi connectivity index (χ4n) is 2.11. The second-order valence-corrected chi connectivity index (χ2v) is 5.14. The van der Waals surface area contributed by atoms with Gasteiger partial charge in [0.15, 0.2) is 0 Å². The average molecular weight is 264 g/mol. The third-order valence-corrected chi connectivity index (χ3v) is 3.37. The van der Waals surface area contributed by atoms with Crippen LogP contribution in [0.4, 0.5) is 0 Å². The van der Waals surface area contributed by atoms with Crippen molar-refractivity contribution in [2.45, 2.75) is 33.2 Å². The molecule has 1 aromatic rings. The summed E-state index contributed by atoms with van der Waals surface area (Å²) in [5, 5.41) is 8.92. The van der Waals surface area contributed by atoms with Crippen LogP contribution in [-0.2, 0) is 9.59 Å². The van der Waals surface area contributed by atoms with Gasteiger partial charge in [-0.1, -0.05) is 0 Å². The van der Waals surface area contributed by atoms with Gasteiger partial charge in [0.05, 0.1) is 11.3 Å². The number of carbonyl (C=O) groups is 3. The predicted molar refractivity (Wildman–Crippen MR) is 66.3 cm³/mol. The summed E-state index contributed by atoms with van der Waals surface area (Å²) in [5.41, 5.74) is 0.519. The SMILES string of the molecule is Cc1n[nH]c(C)c1C(=O)N1CC(=O)NC(=O)C1(C)C. The van der Waals surface area contributed by atoms with Gasteiger partial charge in [0, 0.05) is 5.69 Å². The van der Waals surface area contributed by atoms with E-state index in [9.17, 15) is 14.4 Å². The first-order chi connectivity index (χ1) is 8.75. The van der Waals surface area contributed by atoms with E-state index in [4.69, 9.17) is 0 Å². The van der Waals surface area contributed by atoms with Crippen LogP contribution in [0, 0.1) is 13.8 Å². The highest BCUT2D eigenvalue weighted by atomic mass is 16.2. The van der Waals surface area contributed by atoms with E-state index >= 15 is 0 Å². The van der Waals surface area contributed by atoms with E-state index in [1.165, 1.54) is 4.90 Å². The second-order valence-electron chi connectivity index (χ2n) is 5.14. The van der Waals surface area contributed by atoms with Crippen molar-refractivity contribution in [1.82, 2.24) is 20.4 Å². The van der Waals surface area contributed by atoms with Gasteiger partial charge >= 0.3 is 0 Å². The van der Waals surface area contributed by atoms with Gasteiger partial charge in [-0.2, -0.15) is 5.10 Å². The summed E-state index contributed by atoms with van der Waals surface area (Å²) in [5.74, 6) is -1.32. The maximum absolute atomic E-state index is 12.5. The van der Waals surface area contributed by atoms with E-state index in [-0.39, 0.29) is 12.5 Å². The zero-order valence-electron chi connectivity index (χ0n) is 11.3. The number of carbonyl (C=O) groups excluding carboxylic acids is 3. The molecule has 0 radical (unpaired) electrons. The zero-order valence-corrected chi connectivity index (χ0v) is 11.3. The number of imide groups is 1. The number of hydrogen-bond acceptors (Lipinski definition) is 4. The summed E-state index contributed by atoms with van der Waals surface area (Å²) >= 11 is 0. The normalized spacial score (nSPS) is 18.4. The van der Waals surface area contributed by atoms with Gasteiger partial charge in [0.1, 0.15) is 12.1 Å². The topological polar surface area (TPSA) is 95.2 Å². The van der Waals surface area contributed by atoms with Crippen LogP contribution in [0.15, 0.2) is 0 Å². The molecule has 0 aliphatic carbocycles. The highest BCUT2D eigenvalue weighted by Crippen LogP contribution is 2.23. The molecule has 19 heavy (non-hydrogen) atoms. The Bertz CT molecular complexity index is 554. The van der Waals surface area contributed by atoms with Crippen molar-refractivity contribution in [2.24, 2.45) is 0 Å². The smallest absolute Gasteiger partial charge is 0.258 e. The molecule has 3 amide bonds. The van der Waals surface area contributed by atoms with Crippen LogP contribution < -0.4 is 5.32 Å². The molecule has 7 nitrogen and oxygen atoms in total. The summed E-state index contributed by atoms with van der Waals surface area (Å²) in [6.07, 6.45) is 0. The van der Waals surface area contributed by atoms with Crippen LogP contribution in [0.25, 0.3) is 0 Å². The number of nitrogens with one attached hydrogen (secondary N) is 2. The Morgan fingerprint density at radius 3 is 2.47 bits per heavy atom. The molecule has 0 unspecified atom stereocenters. The minimum absolute atomic E-state index is 0.137. The van der Waals surface area contributed by atoms with Crippen LogP contribution >= 0.6 is 0 Å². The molecule has 1 aliphatic heterocycles. The molecule has 1 aliphatic rings. The molecular formula is C12H16N4O3. The maximum Gasteiger partial charge on any atom is 0.258 e. The monoisotopic (exact) mass is 264 g/mol. The van der Waals surface area contributed by atoms with Crippen LogP contribution in [0.5, 0.6) is 0 Å². The summed E-state index contributed by atoms with van der Waals surface area (Å²) in [6, 6.07) is 0. The summed E-state index contributed by atoms with van der Waals surface area (Å²) < 4.78 is 0. The Morgan fingerprint density at radius 2 is 1.95 bits per heavy atom. The average Bonchev–Trinajstić information content (AvgIpc) is 2.63. The van der Waals surface area contributed by atoms with Gasteiger partial charge in [-0.25, -0.2) is 0 Å². The molecule has 7 heteroatoms. The number of hydrogen-bond donors (Lipinski definition) is 2. The molecule has 2 rings (SSSR count). The van der Waals surface area contributed by atoms with Crippen molar-refractivity contribution >= 4 is 17.7 Å². The highest BCUT2D eigenvalue weighted by molar-refractivity contribution is 6.09. The lowest BCUT2D eigenvalue weighted by molar-refractivity contribution is -0.143. The molecular weight excluding hydrogens is 248 g/mol. The van der Waals surface area contributed by atoms with Crippen molar-refractivity contribution in [3.05, 3.63) is 17.0 Å². The molecule has 2 N–H and O–H groups in total. The van der Waals surface area contributed by atoms with Gasteiger partial charge in [0.25, 0.3) is 11.8 Å². The lowest BCUT2D eigenvalue weighted by Crippen LogP contribution is -2.65. The number of aromatic nitrogens is 2. The minimum Gasteiger partial charge on any atom is -0.315 e. The number of rotatable bonds is 1. The van der Waals surface area contributed by atoms with Crippen LogP contribution in [0.2, 0.25) is 0 Å². The molecule has 2 heterocycles. The number of aromatic amines is 1. The van der Waals surface area contributed by atoms with Crippen molar-refractivity contribution in [1.29, 1.82) is 0 Å². The lowest BCUT2D eigenvalue weighted by atomic mass is 9.97. The summed E-state index contributed by atoms with van der Waals surface area (Å²) in [6.45, 7) is 6.51. The van der Waals surface area contributed by atoms with Crippen LogP contribution in [0.3, 0.4) is 0 Å². The predicted octanol–water partition coefficient (Wildman–Crippen LogP) is -0.0963. The van der Waals surface area contributed by atoms with Crippen molar-refractivity contribution in [3.8, 4) is 0 Å². The maximum atomic E-state index is 12.5. The fourth-order valence-corrected chi connectivity index (χ4v) is 2.11. The molecule has 0 aromatic carbocycles. The molecule has 1 fully saturated rings. The molecule has 0 bridgehead atoms. The molecule has 0 saturated carbocycles. The standard InChI is InChI=1S/C12H16N4O3/c1-6-9(7(2)15-14-6)10(18)16-5-8(17)13-11(19)12(16,3)4/h5H2,1-4H3,(H,14,15)(H,13,17,19). The van der Waals surface area contributed by atoms with Gasteiger partial charge < -0.3 is 4.90 Å². The minimum atomic E-state index is -1.07. The Balaban J connectivity index is 2.42. The van der Waals surface area contributed by atoms with Gasteiger partial charge in [0.2, 0.25) is 5.91 Å². The second kappa shape index (κ2) is 4.18. The summed E-state index contributed by atoms with van der Waals surface area (Å²) in [7, 11) is 0. The lowest BCUT2D eigenvalue weighted by Gasteiger charge is -2.40. The molecule has 1 saturated heterocycles. The number of aryl methyl sites for hydroxylation is 2. The zero-order chi connectivity index (χ0) is 14.4. The number of amides is 3. The van der Waals surface area contributed by atoms with E-state index in [0.29, 0.717) is 17.0 Å². The van der Waals surface area contributed by atoms with Crippen LogP contribution in [-0.4, -0.2) is 44.9 Å². The Hall–Kier alpha value is -2.18. The first-order valence-electron chi connectivity index (χ1n) is 5.93. The van der Waals surface area contributed by atoms with Crippen molar-refractivity contribution in [2.75, 3.05) is 6.54 Å². The van der Waals surface area contributed by atoms with E-state index in [0.717, 1.165) is 0 Å². The quantitative estimate of drug-likeness (QED) is 0.693. The first-order valence-corrected chi connectivity index (χ1v) is 5.93. The van der Waals surface area contributed by atoms with Crippen LogP contribution in [0.1, 0.15) is 35.6 Å². The van der Waals surface area contributed by atoms with Gasteiger partial charge in [-0.15, -0.1) is 0 Å². The Morgan fingerprint density at radius 1 is 1.32 bits per heavy atom. The van der Waals surface area contributed by atoms with Gasteiger partial charge in [-0.3, -0.25) is 24.8 Å². The van der Waals surface area contributed by atoms with Crippen molar-refractivity contribution in [3.63, 3.8) is 0 Å². The number of piperazine rings is 1. The molecule has 0 spiro atoms. The van der Waals surface area contributed by atoms with E-state index < -0.39 is 17.4 Å². The third-order valence-electron chi connectivity index (χ3n) is 3.37. The number of H-pyrrole nitrogens is 1. The Labute approximate surface area is 110 Å². The third kappa shape index (κ3) is 2.00. The van der Waals surface area contributed by atoms with E-state index in [2.05, 4.69) is 15.5 Å². The molecule has 102 valence electrons. The first kappa shape index (κ1) is 13.3. The largest absolute Gasteiger partial charge is 0.315 e. The van der Waals surface area contributed by atoms with Gasteiger partial charge in [-0.05, 0) is 27.7 Å². The van der Waals surface area contributed by atoms with Crippen molar-refractivity contribution < 1.29 is 14.4 Å². The fraction of sp³-hybridized carbons (Fsp3) is 0.500. The van der Waals surface area contributed by atoms with E-state index in [1.54, 1.807) is 27.7 Å². The number of nitrogens with zero attached hydrogens (tertiary/aromatic N) is 2. The highest BCUT2D eigenvalue weighted by Gasteiger charge is 2.44. The Kier molecular flexibility index (Phi) is 2.92. The molecule has 0 atom stereocenters. The molecule has 1 aromatic heterocycles. The van der Waals surface area contributed by atoms with E-state index in [1.807, 2.05) is 0 Å². The summed E-state index contributed by atoms with van der Waals surface area (Å²) in [4.78, 5) is 37.1.